The first kappa shape index (κ1) is 17.8. The molecule has 0 saturated carbocycles. The molecule has 0 aromatic rings. The lowest BCUT2D eigenvalue weighted by Crippen LogP contribution is -2.46. The number of aliphatic hydroxyl groups excluding tert-OH is 1. The molecule has 0 aliphatic heterocycles. The molecule has 18 heavy (non-hydrogen) atoms. The van der Waals surface area contributed by atoms with Gasteiger partial charge in [-0.1, -0.05) is 13.8 Å². The van der Waals surface area contributed by atoms with Crippen LogP contribution in [0.1, 0.15) is 27.7 Å². The Kier molecular flexibility index (Phi) is 8.71. The van der Waals surface area contributed by atoms with Crippen LogP contribution in [0.4, 0.5) is 0 Å². The van der Waals surface area contributed by atoms with Crippen molar-refractivity contribution in [2.75, 3.05) is 32.9 Å². The van der Waals surface area contributed by atoms with Crippen LogP contribution >= 0.6 is 0 Å². The Balaban J connectivity index is 4.38. The van der Waals surface area contributed by atoms with Crippen LogP contribution < -0.4 is 4.72 Å². The van der Waals surface area contributed by atoms with Gasteiger partial charge in [0.2, 0.25) is 0 Å². The number of ether oxygens (including phenoxy) is 1. The van der Waals surface area contributed by atoms with Gasteiger partial charge in [0.05, 0.1) is 19.8 Å². The number of hydrogen-bond acceptors (Lipinski definition) is 4. The molecule has 0 spiro atoms. The predicted molar refractivity (Wildman–Crippen MR) is 71.5 cm³/mol. The van der Waals surface area contributed by atoms with Gasteiger partial charge in [-0.3, -0.25) is 0 Å². The molecular formula is C11H26N2O4S. The topological polar surface area (TPSA) is 78.9 Å². The van der Waals surface area contributed by atoms with Gasteiger partial charge in [-0.15, -0.1) is 0 Å². The summed E-state index contributed by atoms with van der Waals surface area (Å²) in [6, 6.07) is -0.132. The van der Waals surface area contributed by atoms with Gasteiger partial charge >= 0.3 is 0 Å². The fourth-order valence-corrected chi connectivity index (χ4v) is 2.91. The second-order valence-electron chi connectivity index (χ2n) is 4.79. The molecule has 110 valence electrons. The summed E-state index contributed by atoms with van der Waals surface area (Å²) in [5.74, 6) is 0.263. The average Bonchev–Trinajstić information content (AvgIpc) is 2.25. The summed E-state index contributed by atoms with van der Waals surface area (Å²) in [7, 11) is -3.46. The third kappa shape index (κ3) is 7.27. The zero-order valence-electron chi connectivity index (χ0n) is 11.7. The molecule has 0 aromatic carbocycles. The van der Waals surface area contributed by atoms with Crippen LogP contribution in [0.15, 0.2) is 0 Å². The highest BCUT2D eigenvalue weighted by molar-refractivity contribution is 7.87. The van der Waals surface area contributed by atoms with E-state index in [1.165, 1.54) is 4.31 Å². The van der Waals surface area contributed by atoms with Crippen molar-refractivity contribution in [2.45, 2.75) is 33.7 Å². The van der Waals surface area contributed by atoms with Crippen molar-refractivity contribution in [1.29, 1.82) is 0 Å². The number of aliphatic hydroxyl groups is 1. The Labute approximate surface area is 111 Å². The molecule has 0 aromatic heterocycles. The molecule has 6 nitrogen and oxygen atoms in total. The Morgan fingerprint density at radius 3 is 2.28 bits per heavy atom. The number of nitrogens with one attached hydrogen (secondary N) is 1. The van der Waals surface area contributed by atoms with E-state index in [-0.39, 0.29) is 38.3 Å². The van der Waals surface area contributed by atoms with E-state index < -0.39 is 10.2 Å². The first-order chi connectivity index (χ1) is 8.31. The Morgan fingerprint density at radius 2 is 1.83 bits per heavy atom. The highest BCUT2D eigenvalue weighted by atomic mass is 32.2. The van der Waals surface area contributed by atoms with E-state index in [0.29, 0.717) is 6.54 Å². The van der Waals surface area contributed by atoms with Gasteiger partial charge in [0.15, 0.2) is 0 Å². The van der Waals surface area contributed by atoms with E-state index in [9.17, 15) is 8.42 Å². The minimum Gasteiger partial charge on any atom is -0.394 e. The summed E-state index contributed by atoms with van der Waals surface area (Å²) in [4.78, 5) is 0. The highest BCUT2D eigenvalue weighted by Gasteiger charge is 2.24. The summed E-state index contributed by atoms with van der Waals surface area (Å²) < 4.78 is 33.1. The van der Waals surface area contributed by atoms with Crippen molar-refractivity contribution in [3.8, 4) is 0 Å². The molecule has 0 radical (unpaired) electrons. The maximum Gasteiger partial charge on any atom is 0.279 e. The number of hydrogen-bond donors (Lipinski definition) is 2. The molecule has 0 aliphatic carbocycles. The van der Waals surface area contributed by atoms with Gasteiger partial charge in [-0.2, -0.15) is 12.7 Å². The molecular weight excluding hydrogens is 256 g/mol. The predicted octanol–water partition coefficient (Wildman–Crippen LogP) is 0.196. The van der Waals surface area contributed by atoms with Crippen LogP contribution in [0, 0.1) is 5.92 Å². The first-order valence-electron chi connectivity index (χ1n) is 6.26. The lowest BCUT2D eigenvalue weighted by atomic mass is 10.2. The van der Waals surface area contributed by atoms with E-state index in [1.54, 1.807) is 0 Å². The lowest BCUT2D eigenvalue weighted by molar-refractivity contribution is 0.0825. The summed E-state index contributed by atoms with van der Waals surface area (Å²) >= 11 is 0. The summed E-state index contributed by atoms with van der Waals surface area (Å²) in [5, 5.41) is 8.58. The van der Waals surface area contributed by atoms with Crippen LogP contribution in [0.5, 0.6) is 0 Å². The standard InChI is InChI=1S/C11H26N2O4S/c1-10(2)9-12-18(15,16)13(11(3)4)5-7-17-8-6-14/h10-12,14H,5-9H2,1-4H3. The zero-order valence-corrected chi connectivity index (χ0v) is 12.5. The minimum atomic E-state index is -3.46. The molecule has 0 bridgehead atoms. The smallest absolute Gasteiger partial charge is 0.279 e. The maximum absolute atomic E-state index is 12.1. The summed E-state index contributed by atoms with van der Waals surface area (Å²) in [6.07, 6.45) is 0. The van der Waals surface area contributed by atoms with Crippen molar-refractivity contribution in [3.63, 3.8) is 0 Å². The molecule has 0 rings (SSSR count). The van der Waals surface area contributed by atoms with E-state index in [2.05, 4.69) is 4.72 Å². The Bertz CT molecular complexity index is 304. The molecule has 0 saturated heterocycles. The maximum atomic E-state index is 12.1. The molecule has 0 fully saturated rings. The van der Waals surface area contributed by atoms with Gasteiger partial charge in [0.25, 0.3) is 10.2 Å². The van der Waals surface area contributed by atoms with Crippen LogP contribution in [0.3, 0.4) is 0 Å². The summed E-state index contributed by atoms with van der Waals surface area (Å²) in [6.45, 7) is 8.70. The number of nitrogens with zero attached hydrogens (tertiary/aromatic N) is 1. The number of rotatable bonds is 10. The van der Waals surface area contributed by atoms with Crippen molar-refractivity contribution in [1.82, 2.24) is 9.03 Å². The van der Waals surface area contributed by atoms with Crippen LogP contribution in [-0.2, 0) is 14.9 Å². The third-order valence-electron chi connectivity index (χ3n) is 2.25. The molecule has 0 amide bonds. The fourth-order valence-electron chi connectivity index (χ4n) is 1.33. The van der Waals surface area contributed by atoms with Crippen LogP contribution in [-0.4, -0.2) is 56.8 Å². The molecule has 0 unspecified atom stereocenters. The van der Waals surface area contributed by atoms with Gasteiger partial charge in [0.1, 0.15) is 0 Å². The van der Waals surface area contributed by atoms with Crippen molar-refractivity contribution < 1.29 is 18.3 Å². The first-order valence-corrected chi connectivity index (χ1v) is 7.70. The lowest BCUT2D eigenvalue weighted by Gasteiger charge is -2.26. The zero-order chi connectivity index (χ0) is 14.2. The molecule has 0 heterocycles. The fraction of sp³-hybridized carbons (Fsp3) is 1.00. The second-order valence-corrected chi connectivity index (χ2v) is 6.50. The van der Waals surface area contributed by atoms with Gasteiger partial charge in [-0.25, -0.2) is 4.72 Å². The average molecular weight is 282 g/mol. The van der Waals surface area contributed by atoms with Crippen LogP contribution in [0.2, 0.25) is 0 Å². The minimum absolute atomic E-state index is 0.0555. The van der Waals surface area contributed by atoms with Gasteiger partial charge < -0.3 is 9.84 Å². The molecule has 0 aliphatic rings. The van der Waals surface area contributed by atoms with Gasteiger partial charge in [-0.05, 0) is 19.8 Å². The normalized spacial score (nSPS) is 12.9. The van der Waals surface area contributed by atoms with E-state index in [4.69, 9.17) is 9.84 Å². The Hall–Kier alpha value is -0.210. The van der Waals surface area contributed by atoms with Crippen molar-refractivity contribution in [2.24, 2.45) is 5.92 Å². The molecule has 7 heteroatoms. The quantitative estimate of drug-likeness (QED) is 0.561. The third-order valence-corrected chi connectivity index (χ3v) is 4.00. The SMILES string of the molecule is CC(C)CNS(=O)(=O)N(CCOCCO)C(C)C. The highest BCUT2D eigenvalue weighted by Crippen LogP contribution is 2.05. The van der Waals surface area contributed by atoms with E-state index in [0.717, 1.165) is 0 Å². The summed E-state index contributed by atoms with van der Waals surface area (Å²) in [5.41, 5.74) is 0. The van der Waals surface area contributed by atoms with E-state index >= 15 is 0 Å². The molecule has 0 atom stereocenters. The van der Waals surface area contributed by atoms with Crippen LogP contribution in [0.25, 0.3) is 0 Å². The van der Waals surface area contributed by atoms with Gasteiger partial charge in [0, 0.05) is 19.1 Å². The molecule has 2 N–H and O–H groups in total. The monoisotopic (exact) mass is 282 g/mol. The van der Waals surface area contributed by atoms with Crippen molar-refractivity contribution in [3.05, 3.63) is 0 Å². The largest absolute Gasteiger partial charge is 0.394 e. The second kappa shape index (κ2) is 8.82. The van der Waals surface area contributed by atoms with E-state index in [1.807, 2.05) is 27.7 Å². The Morgan fingerprint density at radius 1 is 1.22 bits per heavy atom. The van der Waals surface area contributed by atoms with Crippen molar-refractivity contribution >= 4 is 10.2 Å².